The van der Waals surface area contributed by atoms with Gasteiger partial charge >= 0.3 is 0 Å². The molecule has 1 aromatic carbocycles. The van der Waals surface area contributed by atoms with E-state index in [9.17, 15) is 9.59 Å². The molecular formula is C18H24N4O2S. The van der Waals surface area contributed by atoms with Crippen molar-refractivity contribution >= 4 is 28.3 Å². The van der Waals surface area contributed by atoms with Gasteiger partial charge in [0, 0.05) is 24.8 Å². The third kappa shape index (κ3) is 6.26. The fourth-order valence-corrected chi connectivity index (χ4v) is 2.78. The third-order valence-corrected chi connectivity index (χ3v) is 4.35. The predicted octanol–water partition coefficient (Wildman–Crippen LogP) is 2.93. The topological polar surface area (TPSA) is 84.0 Å². The van der Waals surface area contributed by atoms with Crippen molar-refractivity contribution in [1.29, 1.82) is 0 Å². The lowest BCUT2D eigenvalue weighted by atomic mass is 9.96. The van der Waals surface area contributed by atoms with Crippen molar-refractivity contribution in [2.75, 3.05) is 11.9 Å². The van der Waals surface area contributed by atoms with Crippen LogP contribution in [-0.4, -0.2) is 28.6 Å². The van der Waals surface area contributed by atoms with Gasteiger partial charge in [0.2, 0.25) is 16.9 Å². The van der Waals surface area contributed by atoms with Crippen molar-refractivity contribution < 1.29 is 9.59 Å². The Labute approximate surface area is 152 Å². The average molecular weight is 360 g/mol. The quantitative estimate of drug-likeness (QED) is 0.829. The molecule has 0 saturated heterocycles. The van der Waals surface area contributed by atoms with Gasteiger partial charge in [0.1, 0.15) is 5.01 Å². The molecule has 0 fully saturated rings. The SMILES string of the molecule is Cc1ccc(Cc2nnc(NC(=O)CCNC(=O)C(C)(C)C)s2)cc1. The van der Waals surface area contributed by atoms with Gasteiger partial charge in [-0.2, -0.15) is 0 Å². The van der Waals surface area contributed by atoms with E-state index >= 15 is 0 Å². The van der Waals surface area contributed by atoms with Crippen LogP contribution in [0.5, 0.6) is 0 Å². The Morgan fingerprint density at radius 1 is 1.12 bits per heavy atom. The maximum Gasteiger partial charge on any atom is 0.227 e. The van der Waals surface area contributed by atoms with Gasteiger partial charge in [-0.25, -0.2) is 0 Å². The standard InChI is InChI=1S/C18H24N4O2S/c1-12-5-7-13(8-6-12)11-15-21-22-17(25-15)20-14(23)9-10-19-16(24)18(2,3)4/h5-8H,9-11H2,1-4H3,(H,19,24)(H,20,22,23). The Balaban J connectivity index is 1.79. The summed E-state index contributed by atoms with van der Waals surface area (Å²) >= 11 is 1.36. The van der Waals surface area contributed by atoms with Crippen LogP contribution < -0.4 is 10.6 Å². The molecule has 2 rings (SSSR count). The fourth-order valence-electron chi connectivity index (χ4n) is 1.99. The van der Waals surface area contributed by atoms with Crippen molar-refractivity contribution in [2.45, 2.75) is 40.5 Å². The van der Waals surface area contributed by atoms with E-state index in [2.05, 4.69) is 45.1 Å². The summed E-state index contributed by atoms with van der Waals surface area (Å²) in [7, 11) is 0. The van der Waals surface area contributed by atoms with Crippen LogP contribution in [0.1, 0.15) is 43.3 Å². The van der Waals surface area contributed by atoms with Crippen LogP contribution in [0, 0.1) is 12.3 Å². The second-order valence-corrected chi connectivity index (χ2v) is 8.03. The first-order chi connectivity index (χ1) is 11.7. The van der Waals surface area contributed by atoms with Crippen molar-refractivity contribution in [3.8, 4) is 0 Å². The molecule has 25 heavy (non-hydrogen) atoms. The average Bonchev–Trinajstić information content (AvgIpc) is 2.95. The minimum absolute atomic E-state index is 0.0726. The Morgan fingerprint density at radius 2 is 1.80 bits per heavy atom. The smallest absolute Gasteiger partial charge is 0.227 e. The lowest BCUT2D eigenvalue weighted by Crippen LogP contribution is -2.36. The summed E-state index contributed by atoms with van der Waals surface area (Å²) in [6, 6.07) is 8.25. The van der Waals surface area contributed by atoms with E-state index in [0.717, 1.165) is 10.6 Å². The summed E-state index contributed by atoms with van der Waals surface area (Å²) in [5, 5.41) is 14.9. The number of carbonyl (C=O) groups excluding carboxylic acids is 2. The van der Waals surface area contributed by atoms with Gasteiger partial charge in [0.15, 0.2) is 0 Å². The van der Waals surface area contributed by atoms with Gasteiger partial charge in [-0.3, -0.25) is 9.59 Å². The first kappa shape index (κ1) is 19.1. The maximum atomic E-state index is 11.9. The minimum atomic E-state index is -0.458. The highest BCUT2D eigenvalue weighted by Gasteiger charge is 2.20. The molecule has 0 saturated carbocycles. The molecule has 1 aromatic heterocycles. The molecule has 0 radical (unpaired) electrons. The number of rotatable bonds is 6. The zero-order valence-electron chi connectivity index (χ0n) is 15.0. The van der Waals surface area contributed by atoms with Gasteiger partial charge in [-0.05, 0) is 12.5 Å². The Hall–Kier alpha value is -2.28. The molecule has 0 atom stereocenters. The van der Waals surface area contributed by atoms with Crippen molar-refractivity contribution in [3.05, 3.63) is 40.4 Å². The van der Waals surface area contributed by atoms with E-state index < -0.39 is 5.41 Å². The number of nitrogens with zero attached hydrogens (tertiary/aromatic N) is 2. The fraction of sp³-hybridized carbons (Fsp3) is 0.444. The number of amides is 2. The summed E-state index contributed by atoms with van der Waals surface area (Å²) in [6.45, 7) is 7.85. The molecule has 2 N–H and O–H groups in total. The van der Waals surface area contributed by atoms with Crippen molar-refractivity contribution in [1.82, 2.24) is 15.5 Å². The van der Waals surface area contributed by atoms with E-state index in [0.29, 0.717) is 18.1 Å². The van der Waals surface area contributed by atoms with Gasteiger partial charge in [0.25, 0.3) is 0 Å². The minimum Gasteiger partial charge on any atom is -0.355 e. The van der Waals surface area contributed by atoms with E-state index in [1.165, 1.54) is 16.9 Å². The number of carbonyl (C=O) groups is 2. The van der Waals surface area contributed by atoms with Crippen LogP contribution in [0.2, 0.25) is 0 Å². The zero-order chi connectivity index (χ0) is 18.4. The number of benzene rings is 1. The largest absolute Gasteiger partial charge is 0.355 e. The van der Waals surface area contributed by atoms with Gasteiger partial charge in [-0.1, -0.05) is 61.9 Å². The van der Waals surface area contributed by atoms with E-state index in [1.54, 1.807) is 0 Å². The summed E-state index contributed by atoms with van der Waals surface area (Å²) in [6.07, 6.45) is 0.893. The van der Waals surface area contributed by atoms with Crippen LogP contribution in [0.4, 0.5) is 5.13 Å². The lowest BCUT2D eigenvalue weighted by Gasteiger charge is -2.17. The van der Waals surface area contributed by atoms with E-state index in [4.69, 9.17) is 0 Å². The number of anilines is 1. The molecule has 134 valence electrons. The molecule has 0 unspecified atom stereocenters. The highest BCUT2D eigenvalue weighted by molar-refractivity contribution is 7.15. The number of aryl methyl sites for hydroxylation is 1. The maximum absolute atomic E-state index is 11.9. The number of nitrogens with one attached hydrogen (secondary N) is 2. The Bertz CT molecular complexity index is 732. The molecular weight excluding hydrogens is 336 g/mol. The number of aromatic nitrogens is 2. The van der Waals surface area contributed by atoms with Gasteiger partial charge in [0.05, 0.1) is 0 Å². The highest BCUT2D eigenvalue weighted by atomic mass is 32.1. The molecule has 0 spiro atoms. The molecule has 6 nitrogen and oxygen atoms in total. The molecule has 0 aliphatic carbocycles. The molecule has 0 aliphatic rings. The normalized spacial score (nSPS) is 11.2. The number of hydrogen-bond acceptors (Lipinski definition) is 5. The zero-order valence-corrected chi connectivity index (χ0v) is 15.9. The summed E-state index contributed by atoms with van der Waals surface area (Å²) in [5.41, 5.74) is 1.91. The van der Waals surface area contributed by atoms with Crippen molar-refractivity contribution in [2.24, 2.45) is 5.41 Å². The van der Waals surface area contributed by atoms with E-state index in [1.807, 2.05) is 27.7 Å². The van der Waals surface area contributed by atoms with Gasteiger partial charge in [-0.15, -0.1) is 10.2 Å². The Kier molecular flexibility index (Phi) is 6.25. The highest BCUT2D eigenvalue weighted by Crippen LogP contribution is 2.19. The molecule has 1 heterocycles. The molecule has 2 aromatic rings. The molecule has 0 bridgehead atoms. The summed E-state index contributed by atoms with van der Waals surface area (Å²) < 4.78 is 0. The molecule has 2 amide bonds. The third-order valence-electron chi connectivity index (χ3n) is 3.51. The second-order valence-electron chi connectivity index (χ2n) is 6.97. The van der Waals surface area contributed by atoms with Crippen LogP contribution in [0.25, 0.3) is 0 Å². The first-order valence-electron chi connectivity index (χ1n) is 8.20. The second kappa shape index (κ2) is 8.20. The van der Waals surface area contributed by atoms with Crippen LogP contribution >= 0.6 is 11.3 Å². The van der Waals surface area contributed by atoms with Crippen LogP contribution in [-0.2, 0) is 16.0 Å². The van der Waals surface area contributed by atoms with Crippen molar-refractivity contribution in [3.63, 3.8) is 0 Å². The van der Waals surface area contributed by atoms with Crippen LogP contribution in [0.3, 0.4) is 0 Å². The first-order valence-corrected chi connectivity index (χ1v) is 9.02. The predicted molar refractivity (Wildman–Crippen MR) is 99.6 cm³/mol. The monoisotopic (exact) mass is 360 g/mol. The lowest BCUT2D eigenvalue weighted by molar-refractivity contribution is -0.128. The Morgan fingerprint density at radius 3 is 2.44 bits per heavy atom. The van der Waals surface area contributed by atoms with E-state index in [-0.39, 0.29) is 18.2 Å². The van der Waals surface area contributed by atoms with Gasteiger partial charge < -0.3 is 10.6 Å². The number of hydrogen-bond donors (Lipinski definition) is 2. The summed E-state index contributed by atoms with van der Waals surface area (Å²) in [5.74, 6) is -0.260. The van der Waals surface area contributed by atoms with Crippen LogP contribution in [0.15, 0.2) is 24.3 Å². The molecule has 0 aliphatic heterocycles. The molecule has 7 heteroatoms. The summed E-state index contributed by atoms with van der Waals surface area (Å²) in [4.78, 5) is 23.7.